The molecule has 0 amide bonds. The summed E-state index contributed by atoms with van der Waals surface area (Å²) in [4.78, 5) is 4.98. The SMILES string of the molecule is Cc1ccc(C)n1C(N)=CC(=NC1CCOCC1)C(C)(C)C. The maximum absolute atomic E-state index is 6.36. The number of ether oxygens (including phenoxy) is 1. The Morgan fingerprint density at radius 1 is 1.23 bits per heavy atom. The van der Waals surface area contributed by atoms with Crippen LogP contribution >= 0.6 is 0 Å². The zero-order chi connectivity index (χ0) is 16.3. The third-order valence-corrected chi connectivity index (χ3v) is 4.09. The van der Waals surface area contributed by atoms with Crippen molar-refractivity contribution in [1.29, 1.82) is 0 Å². The molecule has 2 heterocycles. The van der Waals surface area contributed by atoms with E-state index in [-0.39, 0.29) is 5.41 Å². The first-order valence-corrected chi connectivity index (χ1v) is 8.07. The molecule has 0 aromatic carbocycles. The monoisotopic (exact) mass is 303 g/mol. The Labute approximate surface area is 134 Å². The Hall–Kier alpha value is -1.55. The standard InChI is InChI=1S/C18H29N3O/c1-13-6-7-14(2)21(13)17(19)12-16(18(3,4)5)20-15-8-10-22-11-9-15/h6-7,12,15H,8-11,19H2,1-5H3. The fourth-order valence-electron chi connectivity index (χ4n) is 2.74. The van der Waals surface area contributed by atoms with E-state index >= 15 is 0 Å². The van der Waals surface area contributed by atoms with Gasteiger partial charge in [0.25, 0.3) is 0 Å². The fourth-order valence-corrected chi connectivity index (χ4v) is 2.74. The molecule has 1 fully saturated rings. The van der Waals surface area contributed by atoms with Crippen LogP contribution in [0.5, 0.6) is 0 Å². The fraction of sp³-hybridized carbons (Fsp3) is 0.611. The number of hydrogen-bond acceptors (Lipinski definition) is 3. The second kappa shape index (κ2) is 6.69. The summed E-state index contributed by atoms with van der Waals surface area (Å²) in [6.45, 7) is 12.3. The molecule has 2 N–H and O–H groups in total. The predicted molar refractivity (Wildman–Crippen MR) is 93.1 cm³/mol. The van der Waals surface area contributed by atoms with E-state index < -0.39 is 0 Å². The van der Waals surface area contributed by atoms with Gasteiger partial charge in [0.2, 0.25) is 0 Å². The normalized spacial score (nSPS) is 18.8. The largest absolute Gasteiger partial charge is 0.385 e. The molecule has 2 rings (SSSR count). The molecular weight excluding hydrogens is 274 g/mol. The molecule has 4 heteroatoms. The van der Waals surface area contributed by atoms with Crippen LogP contribution in [-0.2, 0) is 4.74 Å². The molecular formula is C18H29N3O. The lowest BCUT2D eigenvalue weighted by Crippen LogP contribution is -2.26. The minimum absolute atomic E-state index is 0.0299. The van der Waals surface area contributed by atoms with Crippen molar-refractivity contribution in [3.63, 3.8) is 0 Å². The maximum Gasteiger partial charge on any atom is 0.109 e. The smallest absolute Gasteiger partial charge is 0.109 e. The second-order valence-electron chi connectivity index (χ2n) is 7.13. The summed E-state index contributed by atoms with van der Waals surface area (Å²) in [7, 11) is 0. The van der Waals surface area contributed by atoms with Crippen LogP contribution in [0.3, 0.4) is 0 Å². The summed E-state index contributed by atoms with van der Waals surface area (Å²) in [6, 6.07) is 4.52. The first-order chi connectivity index (χ1) is 10.3. The molecule has 1 saturated heterocycles. The van der Waals surface area contributed by atoms with E-state index in [9.17, 15) is 0 Å². The van der Waals surface area contributed by atoms with Gasteiger partial charge in [0, 0.05) is 41.8 Å². The van der Waals surface area contributed by atoms with Crippen LogP contribution in [-0.4, -0.2) is 29.5 Å². The van der Waals surface area contributed by atoms with Gasteiger partial charge in [-0.1, -0.05) is 20.8 Å². The van der Waals surface area contributed by atoms with Crippen LogP contribution < -0.4 is 5.73 Å². The molecule has 1 aromatic rings. The van der Waals surface area contributed by atoms with E-state index in [2.05, 4.69) is 51.3 Å². The number of hydrogen-bond donors (Lipinski definition) is 1. The number of allylic oxidation sites excluding steroid dienone is 1. The van der Waals surface area contributed by atoms with Gasteiger partial charge in [0.05, 0.1) is 6.04 Å². The van der Waals surface area contributed by atoms with E-state index in [4.69, 9.17) is 15.5 Å². The average Bonchev–Trinajstić information content (AvgIpc) is 2.77. The Kier molecular flexibility index (Phi) is 5.12. The molecule has 0 saturated carbocycles. The van der Waals surface area contributed by atoms with Gasteiger partial charge in [-0.05, 0) is 38.8 Å². The van der Waals surface area contributed by atoms with Gasteiger partial charge < -0.3 is 15.0 Å². The van der Waals surface area contributed by atoms with Crippen LogP contribution in [0.2, 0.25) is 0 Å². The minimum Gasteiger partial charge on any atom is -0.385 e. The number of aliphatic imine (C=N–C) groups is 1. The van der Waals surface area contributed by atoms with Gasteiger partial charge in [-0.2, -0.15) is 0 Å². The number of aryl methyl sites for hydroxylation is 2. The Bertz CT molecular complexity index is 550. The molecule has 22 heavy (non-hydrogen) atoms. The van der Waals surface area contributed by atoms with E-state index in [0.717, 1.165) is 49.0 Å². The molecule has 0 spiro atoms. The highest BCUT2D eigenvalue weighted by Crippen LogP contribution is 2.22. The quantitative estimate of drug-likeness (QED) is 0.869. The Morgan fingerprint density at radius 3 is 2.27 bits per heavy atom. The molecule has 1 aliphatic heterocycles. The second-order valence-corrected chi connectivity index (χ2v) is 7.13. The topological polar surface area (TPSA) is 52.5 Å². The van der Waals surface area contributed by atoms with Crippen LogP contribution in [0.25, 0.3) is 5.82 Å². The van der Waals surface area contributed by atoms with E-state index in [1.54, 1.807) is 0 Å². The molecule has 0 unspecified atom stereocenters. The van der Waals surface area contributed by atoms with Crippen molar-refractivity contribution < 1.29 is 4.74 Å². The first kappa shape index (κ1) is 16.8. The predicted octanol–water partition coefficient (Wildman–Crippen LogP) is 3.53. The minimum atomic E-state index is -0.0299. The maximum atomic E-state index is 6.36. The lowest BCUT2D eigenvalue weighted by atomic mass is 9.89. The van der Waals surface area contributed by atoms with Gasteiger partial charge in [-0.3, -0.25) is 4.99 Å². The molecule has 0 bridgehead atoms. The van der Waals surface area contributed by atoms with Crippen LogP contribution in [0, 0.1) is 19.3 Å². The van der Waals surface area contributed by atoms with E-state index in [1.807, 2.05) is 6.08 Å². The van der Waals surface area contributed by atoms with Crippen LogP contribution in [0.4, 0.5) is 0 Å². The van der Waals surface area contributed by atoms with E-state index in [1.165, 1.54) is 0 Å². The third kappa shape index (κ3) is 4.01. The highest BCUT2D eigenvalue weighted by molar-refractivity contribution is 6.02. The lowest BCUT2D eigenvalue weighted by molar-refractivity contribution is 0.0869. The van der Waals surface area contributed by atoms with Gasteiger partial charge in [-0.15, -0.1) is 0 Å². The van der Waals surface area contributed by atoms with Crippen molar-refractivity contribution in [2.24, 2.45) is 16.1 Å². The molecule has 0 radical (unpaired) electrons. The van der Waals surface area contributed by atoms with Crippen molar-refractivity contribution >= 4 is 11.5 Å². The van der Waals surface area contributed by atoms with Crippen molar-refractivity contribution in [1.82, 2.24) is 4.57 Å². The highest BCUT2D eigenvalue weighted by atomic mass is 16.5. The summed E-state index contributed by atoms with van der Waals surface area (Å²) >= 11 is 0. The molecule has 122 valence electrons. The molecule has 0 atom stereocenters. The zero-order valence-electron chi connectivity index (χ0n) is 14.5. The van der Waals surface area contributed by atoms with Crippen LogP contribution in [0.1, 0.15) is 45.0 Å². The summed E-state index contributed by atoms with van der Waals surface area (Å²) in [5.41, 5.74) is 9.68. The summed E-state index contributed by atoms with van der Waals surface area (Å²) in [5.74, 6) is 0.737. The number of aromatic nitrogens is 1. The van der Waals surface area contributed by atoms with Crippen molar-refractivity contribution in [2.75, 3.05) is 13.2 Å². The number of nitrogens with zero attached hydrogens (tertiary/aromatic N) is 2. The molecule has 1 aromatic heterocycles. The van der Waals surface area contributed by atoms with Gasteiger partial charge in [0.15, 0.2) is 0 Å². The van der Waals surface area contributed by atoms with Crippen LogP contribution in [0.15, 0.2) is 23.2 Å². The average molecular weight is 303 g/mol. The first-order valence-electron chi connectivity index (χ1n) is 8.07. The third-order valence-electron chi connectivity index (χ3n) is 4.09. The molecule has 0 aliphatic carbocycles. The van der Waals surface area contributed by atoms with Gasteiger partial charge >= 0.3 is 0 Å². The molecule has 1 aliphatic rings. The van der Waals surface area contributed by atoms with Gasteiger partial charge in [0.1, 0.15) is 5.82 Å². The molecule has 4 nitrogen and oxygen atoms in total. The van der Waals surface area contributed by atoms with Crippen molar-refractivity contribution in [2.45, 2.75) is 53.5 Å². The van der Waals surface area contributed by atoms with Gasteiger partial charge in [-0.25, -0.2) is 0 Å². The number of rotatable bonds is 3. The summed E-state index contributed by atoms with van der Waals surface area (Å²) in [6.07, 6.45) is 4.03. The van der Waals surface area contributed by atoms with E-state index in [0.29, 0.717) is 6.04 Å². The Morgan fingerprint density at radius 2 is 1.77 bits per heavy atom. The number of nitrogens with two attached hydrogens (primary N) is 1. The Balaban J connectivity index is 2.34. The summed E-state index contributed by atoms with van der Waals surface area (Å²) in [5, 5.41) is 0. The summed E-state index contributed by atoms with van der Waals surface area (Å²) < 4.78 is 7.50. The highest BCUT2D eigenvalue weighted by Gasteiger charge is 2.21. The zero-order valence-corrected chi connectivity index (χ0v) is 14.5. The van der Waals surface area contributed by atoms with Crippen molar-refractivity contribution in [3.8, 4) is 0 Å². The van der Waals surface area contributed by atoms with Crippen molar-refractivity contribution in [3.05, 3.63) is 29.6 Å². The lowest BCUT2D eigenvalue weighted by Gasteiger charge is -2.25.